The molecule has 0 spiro atoms. The lowest BCUT2D eigenvalue weighted by Crippen LogP contribution is -2.01. The van der Waals surface area contributed by atoms with E-state index in [0.29, 0.717) is 23.9 Å². The first-order chi connectivity index (χ1) is 7.65. The fraction of sp³-hybridized carbons (Fsp3) is 0.400. The molecule has 1 aromatic rings. The molecule has 1 aromatic carbocycles. The summed E-state index contributed by atoms with van der Waals surface area (Å²) >= 11 is 10.2. The van der Waals surface area contributed by atoms with Crippen LogP contribution in [0.25, 0.3) is 0 Å². The molecule has 0 saturated carbocycles. The minimum atomic E-state index is 0.563. The first-order valence-corrected chi connectivity index (χ1v) is 7.15. The number of hydrogen-bond donors (Lipinski definition) is 0. The van der Waals surface area contributed by atoms with Crippen LogP contribution < -0.4 is 14.2 Å². The van der Waals surface area contributed by atoms with E-state index in [1.54, 1.807) is 20.3 Å². The number of benzene rings is 1. The van der Waals surface area contributed by atoms with E-state index in [2.05, 4.69) is 47.8 Å². The Morgan fingerprint density at radius 3 is 1.94 bits per heavy atom. The van der Waals surface area contributed by atoms with Crippen molar-refractivity contribution in [1.82, 2.24) is 0 Å². The fourth-order valence-corrected chi connectivity index (χ4v) is 2.74. The van der Waals surface area contributed by atoms with Gasteiger partial charge in [-0.15, -0.1) is 0 Å². The highest BCUT2D eigenvalue weighted by molar-refractivity contribution is 9.11. The van der Waals surface area contributed by atoms with Gasteiger partial charge in [-0.1, -0.05) is 15.9 Å². The molecule has 0 saturated heterocycles. The zero-order valence-electron chi connectivity index (χ0n) is 8.85. The molecule has 0 bridgehead atoms. The lowest BCUT2D eigenvalue weighted by molar-refractivity contribution is 0.328. The normalized spacial score (nSPS) is 10.1. The van der Waals surface area contributed by atoms with E-state index in [1.165, 1.54) is 0 Å². The van der Waals surface area contributed by atoms with Crippen LogP contribution in [-0.4, -0.2) is 26.2 Å². The smallest absolute Gasteiger partial charge is 0.155 e. The summed E-state index contributed by atoms with van der Waals surface area (Å²) in [7, 11) is 3.20. The minimum Gasteiger partial charge on any atom is -0.495 e. The topological polar surface area (TPSA) is 27.7 Å². The van der Waals surface area contributed by atoms with Crippen LogP contribution in [0.1, 0.15) is 0 Å². The summed E-state index contributed by atoms with van der Waals surface area (Å²) in [5.41, 5.74) is 0. The second kappa shape index (κ2) is 6.71. The number of methoxy groups -OCH3 is 2. The molecule has 0 unspecified atom stereocenters. The summed E-state index contributed by atoms with van der Waals surface area (Å²) in [6, 6.07) is 1.79. The molecule has 6 heteroatoms. The average molecular weight is 419 g/mol. The molecule has 0 aliphatic rings. The average Bonchev–Trinajstić information content (AvgIpc) is 2.29. The molecule has 0 N–H and O–H groups in total. The SMILES string of the molecule is COc1cc(OC)c(Br)c(OCCBr)c1Br. The van der Waals surface area contributed by atoms with Crippen molar-refractivity contribution in [2.75, 3.05) is 26.2 Å². The predicted molar refractivity (Wildman–Crippen MR) is 74.2 cm³/mol. The van der Waals surface area contributed by atoms with Crippen molar-refractivity contribution in [3.05, 3.63) is 15.0 Å². The molecule has 0 aliphatic heterocycles. The van der Waals surface area contributed by atoms with Crippen molar-refractivity contribution in [1.29, 1.82) is 0 Å². The Morgan fingerprint density at radius 2 is 1.56 bits per heavy atom. The molecule has 3 nitrogen and oxygen atoms in total. The molecule has 90 valence electrons. The van der Waals surface area contributed by atoms with E-state index < -0.39 is 0 Å². The highest BCUT2D eigenvalue weighted by Crippen LogP contribution is 2.45. The summed E-state index contributed by atoms with van der Waals surface area (Å²) in [4.78, 5) is 0. The van der Waals surface area contributed by atoms with Crippen LogP contribution in [0.4, 0.5) is 0 Å². The monoisotopic (exact) mass is 416 g/mol. The third kappa shape index (κ3) is 3.05. The molecule has 16 heavy (non-hydrogen) atoms. The second-order valence-corrected chi connectivity index (χ2v) is 5.15. The van der Waals surface area contributed by atoms with E-state index >= 15 is 0 Å². The lowest BCUT2D eigenvalue weighted by Gasteiger charge is -2.15. The van der Waals surface area contributed by atoms with Crippen molar-refractivity contribution in [3.63, 3.8) is 0 Å². The van der Waals surface area contributed by atoms with Gasteiger partial charge in [0.15, 0.2) is 5.75 Å². The molecule has 0 atom stereocenters. The molecule has 0 fully saturated rings. The summed E-state index contributed by atoms with van der Waals surface area (Å²) in [6.07, 6.45) is 0. The van der Waals surface area contributed by atoms with Crippen LogP contribution >= 0.6 is 47.8 Å². The van der Waals surface area contributed by atoms with Gasteiger partial charge in [0.05, 0.1) is 20.8 Å². The van der Waals surface area contributed by atoms with E-state index in [9.17, 15) is 0 Å². The molecule has 0 aliphatic carbocycles. The third-order valence-corrected chi connectivity index (χ3v) is 3.68. The Bertz CT molecular complexity index is 341. The van der Waals surface area contributed by atoms with Gasteiger partial charge in [0.1, 0.15) is 20.4 Å². The van der Waals surface area contributed by atoms with Gasteiger partial charge in [-0.25, -0.2) is 0 Å². The Hall–Kier alpha value is 0.0600. The number of ether oxygens (including phenoxy) is 3. The molecular weight excluding hydrogens is 408 g/mol. The zero-order valence-corrected chi connectivity index (χ0v) is 13.6. The Kier molecular flexibility index (Phi) is 5.92. The van der Waals surface area contributed by atoms with Gasteiger partial charge < -0.3 is 14.2 Å². The number of alkyl halides is 1. The van der Waals surface area contributed by atoms with Gasteiger partial charge in [0.25, 0.3) is 0 Å². The van der Waals surface area contributed by atoms with Crippen LogP contribution in [-0.2, 0) is 0 Å². The van der Waals surface area contributed by atoms with Crippen LogP contribution in [0.5, 0.6) is 17.2 Å². The van der Waals surface area contributed by atoms with E-state index in [-0.39, 0.29) is 0 Å². The van der Waals surface area contributed by atoms with Crippen LogP contribution in [0.15, 0.2) is 15.0 Å². The molecule has 0 amide bonds. The first kappa shape index (κ1) is 14.1. The first-order valence-electron chi connectivity index (χ1n) is 4.44. The van der Waals surface area contributed by atoms with Crippen molar-refractivity contribution >= 4 is 47.8 Å². The summed E-state index contributed by atoms with van der Waals surface area (Å²) in [5.74, 6) is 2.02. The van der Waals surface area contributed by atoms with E-state index in [0.717, 1.165) is 14.3 Å². The van der Waals surface area contributed by atoms with Crippen molar-refractivity contribution in [3.8, 4) is 17.2 Å². The van der Waals surface area contributed by atoms with Gasteiger partial charge in [-0.05, 0) is 31.9 Å². The summed E-state index contributed by atoms with van der Waals surface area (Å²) < 4.78 is 17.6. The van der Waals surface area contributed by atoms with Crippen molar-refractivity contribution in [2.24, 2.45) is 0 Å². The van der Waals surface area contributed by atoms with E-state index in [4.69, 9.17) is 14.2 Å². The molecular formula is C10H11Br3O3. The number of halogens is 3. The van der Waals surface area contributed by atoms with E-state index in [1.807, 2.05) is 0 Å². The fourth-order valence-electron chi connectivity index (χ4n) is 1.13. The quantitative estimate of drug-likeness (QED) is 0.676. The van der Waals surface area contributed by atoms with Gasteiger partial charge in [-0.2, -0.15) is 0 Å². The van der Waals surface area contributed by atoms with Gasteiger partial charge in [0.2, 0.25) is 0 Å². The maximum atomic E-state index is 5.60. The largest absolute Gasteiger partial charge is 0.495 e. The maximum absolute atomic E-state index is 5.60. The number of rotatable bonds is 5. The van der Waals surface area contributed by atoms with Crippen LogP contribution in [0, 0.1) is 0 Å². The number of hydrogen-bond acceptors (Lipinski definition) is 3. The highest BCUT2D eigenvalue weighted by atomic mass is 79.9. The van der Waals surface area contributed by atoms with Crippen molar-refractivity contribution < 1.29 is 14.2 Å². The molecule has 0 heterocycles. The zero-order chi connectivity index (χ0) is 12.1. The van der Waals surface area contributed by atoms with Gasteiger partial charge in [-0.3, -0.25) is 0 Å². The summed E-state index contributed by atoms with van der Waals surface area (Å²) in [5, 5.41) is 0.755. The summed E-state index contributed by atoms with van der Waals surface area (Å²) in [6.45, 7) is 0.563. The molecule has 1 rings (SSSR count). The van der Waals surface area contributed by atoms with Gasteiger partial charge >= 0.3 is 0 Å². The second-order valence-electron chi connectivity index (χ2n) is 2.78. The van der Waals surface area contributed by atoms with Crippen molar-refractivity contribution in [2.45, 2.75) is 0 Å². The Labute approximate surface area is 120 Å². The highest BCUT2D eigenvalue weighted by Gasteiger charge is 2.17. The molecule has 0 radical (unpaired) electrons. The standard InChI is InChI=1S/C10H11Br3O3/c1-14-6-5-7(15-2)9(13)10(8(6)12)16-4-3-11/h5H,3-4H2,1-2H3. The van der Waals surface area contributed by atoms with Crippen LogP contribution in [0.2, 0.25) is 0 Å². The minimum absolute atomic E-state index is 0.563. The molecule has 0 aromatic heterocycles. The lowest BCUT2D eigenvalue weighted by atomic mass is 10.3. The predicted octanol–water partition coefficient (Wildman–Crippen LogP) is 4.00. The van der Waals surface area contributed by atoms with Gasteiger partial charge in [0, 0.05) is 11.4 Å². The maximum Gasteiger partial charge on any atom is 0.155 e. The Balaban J connectivity index is 3.20. The Morgan fingerprint density at radius 1 is 1.06 bits per heavy atom. The third-order valence-electron chi connectivity index (χ3n) is 1.86. The van der Waals surface area contributed by atoms with Crippen LogP contribution in [0.3, 0.4) is 0 Å².